The first-order chi connectivity index (χ1) is 16.0. The Morgan fingerprint density at radius 1 is 1.12 bits per heavy atom. The lowest BCUT2D eigenvalue weighted by Crippen LogP contribution is -2.52. The Hall–Kier alpha value is -3.56. The highest BCUT2D eigenvalue weighted by atomic mass is 19.4. The van der Waals surface area contributed by atoms with Crippen LogP contribution in [0.1, 0.15) is 50.3 Å². The van der Waals surface area contributed by atoms with Crippen molar-refractivity contribution in [1.29, 1.82) is 10.5 Å². The lowest BCUT2D eigenvalue weighted by atomic mass is 9.98. The van der Waals surface area contributed by atoms with Gasteiger partial charge in [-0.3, -0.25) is 10.1 Å². The van der Waals surface area contributed by atoms with Crippen LogP contribution in [0.15, 0.2) is 40.8 Å². The van der Waals surface area contributed by atoms with Crippen LogP contribution in [0.3, 0.4) is 0 Å². The average Bonchev–Trinajstić information content (AvgIpc) is 3.46. The Morgan fingerprint density at radius 3 is 2.44 bits per heavy atom. The number of amides is 1. The van der Waals surface area contributed by atoms with Crippen molar-refractivity contribution in [2.24, 2.45) is 5.92 Å². The molecule has 1 aliphatic rings. The number of benzene rings is 2. The SMILES string of the molecule is CC(C)CC(NC(c1ccc2c(c1)oc1ccc(C#N)cc12)C(F)(F)F)C(=O)NC1(C#N)CC1. The minimum absolute atomic E-state index is 0.0541. The minimum atomic E-state index is -4.68. The molecule has 4 rings (SSSR count). The number of hydrogen-bond donors (Lipinski definition) is 2. The van der Waals surface area contributed by atoms with Crippen molar-refractivity contribution in [3.8, 4) is 12.1 Å². The molecule has 1 aliphatic carbocycles. The molecule has 0 radical (unpaired) electrons. The van der Waals surface area contributed by atoms with E-state index < -0.39 is 29.7 Å². The normalized spacial score (nSPS) is 16.7. The van der Waals surface area contributed by atoms with Crippen molar-refractivity contribution in [3.63, 3.8) is 0 Å². The van der Waals surface area contributed by atoms with E-state index >= 15 is 0 Å². The first kappa shape index (κ1) is 23.6. The van der Waals surface area contributed by atoms with Crippen molar-refractivity contribution in [2.45, 2.75) is 56.9 Å². The van der Waals surface area contributed by atoms with Crippen LogP contribution in [0, 0.1) is 28.6 Å². The van der Waals surface area contributed by atoms with Crippen molar-refractivity contribution in [1.82, 2.24) is 10.6 Å². The summed E-state index contributed by atoms with van der Waals surface area (Å²) in [4.78, 5) is 12.8. The third kappa shape index (κ3) is 4.71. The lowest BCUT2D eigenvalue weighted by Gasteiger charge is -2.29. The van der Waals surface area contributed by atoms with Crippen LogP contribution in [0.5, 0.6) is 0 Å². The molecule has 0 aliphatic heterocycles. The number of nitrogens with zero attached hydrogens (tertiary/aromatic N) is 2. The van der Waals surface area contributed by atoms with Gasteiger partial charge in [0, 0.05) is 10.8 Å². The summed E-state index contributed by atoms with van der Waals surface area (Å²) >= 11 is 0. The molecule has 1 fully saturated rings. The molecular formula is C25H23F3N4O2. The zero-order valence-electron chi connectivity index (χ0n) is 18.7. The van der Waals surface area contributed by atoms with Crippen molar-refractivity contribution < 1.29 is 22.4 Å². The molecule has 1 aromatic heterocycles. The Labute approximate surface area is 194 Å². The molecule has 2 N–H and O–H groups in total. The molecule has 176 valence electrons. The summed E-state index contributed by atoms with van der Waals surface area (Å²) in [5.74, 6) is -0.669. The van der Waals surface area contributed by atoms with E-state index in [4.69, 9.17) is 9.68 Å². The first-order valence-electron chi connectivity index (χ1n) is 11.0. The number of hydrogen-bond acceptors (Lipinski definition) is 5. The van der Waals surface area contributed by atoms with Gasteiger partial charge in [-0.05, 0) is 55.0 Å². The molecule has 0 saturated heterocycles. The maximum absolute atomic E-state index is 14.2. The fraction of sp³-hybridized carbons (Fsp3) is 0.400. The second-order valence-electron chi connectivity index (χ2n) is 9.19. The number of fused-ring (bicyclic) bond motifs is 3. The molecule has 9 heteroatoms. The average molecular weight is 468 g/mol. The molecule has 1 heterocycles. The van der Waals surface area contributed by atoms with Gasteiger partial charge in [-0.15, -0.1) is 0 Å². The van der Waals surface area contributed by atoms with Crippen LogP contribution in [0.4, 0.5) is 13.2 Å². The molecule has 1 saturated carbocycles. The predicted molar refractivity (Wildman–Crippen MR) is 119 cm³/mol. The predicted octanol–water partition coefficient (Wildman–Crippen LogP) is 5.24. The van der Waals surface area contributed by atoms with Crippen LogP contribution in [0.25, 0.3) is 21.9 Å². The van der Waals surface area contributed by atoms with Crippen LogP contribution >= 0.6 is 0 Å². The second-order valence-corrected chi connectivity index (χ2v) is 9.19. The third-order valence-corrected chi connectivity index (χ3v) is 6.00. The standard InChI is InChI=1S/C25H23F3N4O2/c1-14(2)9-19(23(33)32-24(13-30)7-8-24)31-22(25(26,27)28)16-4-5-17-18-10-15(12-29)3-6-20(18)34-21(17)11-16/h3-6,10-11,14,19,22,31H,7-9H2,1-2H3,(H,32,33). The van der Waals surface area contributed by atoms with Crippen LogP contribution in [-0.2, 0) is 4.79 Å². The maximum Gasteiger partial charge on any atom is 0.407 e. The van der Waals surface area contributed by atoms with Gasteiger partial charge in [-0.1, -0.05) is 26.0 Å². The summed E-state index contributed by atoms with van der Waals surface area (Å²) in [6, 6.07) is 9.83. The van der Waals surface area contributed by atoms with Crippen LogP contribution in [0.2, 0.25) is 0 Å². The Bertz CT molecular complexity index is 1330. The van der Waals surface area contributed by atoms with Gasteiger partial charge in [0.15, 0.2) is 0 Å². The van der Waals surface area contributed by atoms with Gasteiger partial charge in [-0.2, -0.15) is 23.7 Å². The van der Waals surface area contributed by atoms with Crippen LogP contribution in [-0.4, -0.2) is 23.7 Å². The van der Waals surface area contributed by atoms with Crippen molar-refractivity contribution in [2.75, 3.05) is 0 Å². The summed E-state index contributed by atoms with van der Waals surface area (Å²) in [7, 11) is 0. The topological polar surface area (TPSA) is 102 Å². The highest BCUT2D eigenvalue weighted by molar-refractivity contribution is 6.05. The smallest absolute Gasteiger partial charge is 0.407 e. The number of carbonyl (C=O) groups excluding carboxylic acids is 1. The van der Waals surface area contributed by atoms with Gasteiger partial charge in [0.1, 0.15) is 22.7 Å². The molecule has 1 amide bonds. The molecule has 2 atom stereocenters. The zero-order chi connectivity index (χ0) is 24.7. The number of halogens is 3. The van der Waals surface area contributed by atoms with E-state index in [0.29, 0.717) is 34.8 Å². The quantitative estimate of drug-likeness (QED) is 0.494. The molecular weight excluding hydrogens is 445 g/mol. The summed E-state index contributed by atoms with van der Waals surface area (Å²) in [6.07, 6.45) is -3.54. The van der Waals surface area contributed by atoms with Crippen LogP contribution < -0.4 is 10.6 Å². The fourth-order valence-electron chi connectivity index (χ4n) is 4.06. The molecule has 6 nitrogen and oxygen atoms in total. The van der Waals surface area contributed by atoms with Gasteiger partial charge in [0.2, 0.25) is 5.91 Å². The van der Waals surface area contributed by atoms with E-state index in [1.165, 1.54) is 18.2 Å². The Kier molecular flexibility index (Phi) is 6.01. The Balaban J connectivity index is 1.69. The van der Waals surface area contributed by atoms with Crippen molar-refractivity contribution in [3.05, 3.63) is 47.5 Å². The number of nitriles is 2. The molecule has 2 unspecified atom stereocenters. The highest BCUT2D eigenvalue weighted by Crippen LogP contribution is 2.38. The number of carbonyl (C=O) groups is 1. The monoisotopic (exact) mass is 468 g/mol. The van der Waals surface area contributed by atoms with E-state index in [-0.39, 0.29) is 23.5 Å². The van der Waals surface area contributed by atoms with Gasteiger partial charge in [0.25, 0.3) is 0 Å². The number of rotatable bonds is 7. The highest BCUT2D eigenvalue weighted by Gasteiger charge is 2.47. The van der Waals surface area contributed by atoms with Gasteiger partial charge >= 0.3 is 6.18 Å². The van der Waals surface area contributed by atoms with E-state index in [0.717, 1.165) is 0 Å². The summed E-state index contributed by atoms with van der Waals surface area (Å²) in [6.45, 7) is 3.63. The maximum atomic E-state index is 14.2. The van der Waals surface area contributed by atoms with E-state index in [1.807, 2.05) is 26.0 Å². The Morgan fingerprint density at radius 2 is 1.85 bits per heavy atom. The summed E-state index contributed by atoms with van der Waals surface area (Å²) in [5, 5.41) is 24.7. The minimum Gasteiger partial charge on any atom is -0.456 e. The first-order valence-corrected chi connectivity index (χ1v) is 11.0. The van der Waals surface area contributed by atoms with E-state index in [2.05, 4.69) is 10.6 Å². The van der Waals surface area contributed by atoms with Crippen molar-refractivity contribution >= 4 is 27.8 Å². The number of nitrogens with one attached hydrogen (secondary N) is 2. The molecule has 0 bridgehead atoms. The third-order valence-electron chi connectivity index (χ3n) is 6.00. The van der Waals surface area contributed by atoms with Gasteiger partial charge in [-0.25, -0.2) is 0 Å². The lowest BCUT2D eigenvalue weighted by molar-refractivity contribution is -0.161. The summed E-state index contributed by atoms with van der Waals surface area (Å²) in [5.41, 5.74) is 0.0675. The molecule has 0 spiro atoms. The molecule has 34 heavy (non-hydrogen) atoms. The molecule has 3 aromatic rings. The second kappa shape index (κ2) is 8.66. The summed E-state index contributed by atoms with van der Waals surface area (Å²) < 4.78 is 48.3. The van der Waals surface area contributed by atoms with Gasteiger partial charge < -0.3 is 9.73 Å². The molecule has 2 aromatic carbocycles. The largest absolute Gasteiger partial charge is 0.456 e. The zero-order valence-corrected chi connectivity index (χ0v) is 18.7. The number of furan rings is 1. The van der Waals surface area contributed by atoms with E-state index in [1.54, 1.807) is 18.2 Å². The van der Waals surface area contributed by atoms with E-state index in [9.17, 15) is 23.2 Å². The number of alkyl halides is 3. The fourth-order valence-corrected chi connectivity index (χ4v) is 4.06. The van der Waals surface area contributed by atoms with Gasteiger partial charge in [0.05, 0.1) is 23.7 Å².